The Labute approximate surface area is 133 Å². The van der Waals surface area contributed by atoms with Gasteiger partial charge in [-0.25, -0.2) is 5.48 Å². The minimum absolute atomic E-state index is 0.108. The van der Waals surface area contributed by atoms with Crippen LogP contribution in [-0.4, -0.2) is 31.3 Å². The molecule has 1 fully saturated rings. The molecule has 0 saturated carbocycles. The van der Waals surface area contributed by atoms with E-state index < -0.39 is 0 Å². The van der Waals surface area contributed by atoms with Gasteiger partial charge in [-0.05, 0) is 31.0 Å². The first kappa shape index (κ1) is 15.2. The molecule has 7 heteroatoms. The maximum absolute atomic E-state index is 12.3. The number of benzene rings is 1. The van der Waals surface area contributed by atoms with Crippen LogP contribution in [0.2, 0.25) is 0 Å². The van der Waals surface area contributed by atoms with Crippen molar-refractivity contribution in [1.29, 1.82) is 0 Å². The van der Waals surface area contributed by atoms with Crippen molar-refractivity contribution < 1.29 is 19.2 Å². The van der Waals surface area contributed by atoms with Crippen LogP contribution < -0.4 is 20.4 Å². The third-order valence-electron chi connectivity index (χ3n) is 3.84. The number of ether oxygens (including phenoxy) is 1. The Kier molecular flexibility index (Phi) is 4.38. The molecule has 0 aliphatic carbocycles. The second kappa shape index (κ2) is 6.62. The highest BCUT2D eigenvalue weighted by molar-refractivity contribution is 6.04. The molecular weight excluding hydrogens is 298 g/mol. The zero-order chi connectivity index (χ0) is 16.2. The van der Waals surface area contributed by atoms with Gasteiger partial charge in [0.15, 0.2) is 5.76 Å². The predicted octanol–water partition coefficient (Wildman–Crippen LogP) is 2.94. The van der Waals surface area contributed by atoms with E-state index in [2.05, 4.69) is 10.2 Å². The van der Waals surface area contributed by atoms with Gasteiger partial charge in [-0.1, -0.05) is 0 Å². The molecule has 1 aliphatic rings. The molecule has 2 heterocycles. The van der Waals surface area contributed by atoms with Crippen LogP contribution in [0.3, 0.4) is 0 Å². The lowest BCUT2D eigenvalue weighted by molar-refractivity contribution is 0.0997. The molecular formula is C16H19N3O4. The lowest BCUT2D eigenvalue weighted by Gasteiger charge is -2.22. The number of anilines is 3. The number of nitrogens with zero attached hydrogens (tertiary/aromatic N) is 1. The first-order valence-corrected chi connectivity index (χ1v) is 7.45. The minimum Gasteiger partial charge on any atom is -0.497 e. The topological polar surface area (TPSA) is 87.0 Å². The Bertz CT molecular complexity index is 692. The molecule has 3 rings (SSSR count). The zero-order valence-corrected chi connectivity index (χ0v) is 12.8. The van der Waals surface area contributed by atoms with Gasteiger partial charge in [0, 0.05) is 25.2 Å². The Morgan fingerprint density at radius 1 is 1.26 bits per heavy atom. The lowest BCUT2D eigenvalue weighted by Crippen LogP contribution is -2.21. The smallest absolute Gasteiger partial charge is 0.291 e. The third kappa shape index (κ3) is 3.24. The molecule has 0 atom stereocenters. The van der Waals surface area contributed by atoms with Crippen LogP contribution in [0.5, 0.6) is 5.75 Å². The van der Waals surface area contributed by atoms with Gasteiger partial charge in [-0.15, -0.1) is 0 Å². The SMILES string of the molecule is COc1ccc(N2CCCC2)c(NC(=O)c2ccc(NO)o2)c1. The van der Waals surface area contributed by atoms with Crippen LogP contribution in [0.15, 0.2) is 34.7 Å². The largest absolute Gasteiger partial charge is 0.497 e. The molecule has 1 amide bonds. The summed E-state index contributed by atoms with van der Waals surface area (Å²) >= 11 is 0. The maximum Gasteiger partial charge on any atom is 0.291 e. The second-order valence-corrected chi connectivity index (χ2v) is 5.31. The van der Waals surface area contributed by atoms with Gasteiger partial charge in [0.25, 0.3) is 5.91 Å². The Morgan fingerprint density at radius 2 is 2.04 bits per heavy atom. The van der Waals surface area contributed by atoms with Crippen LogP contribution in [0.1, 0.15) is 23.4 Å². The first-order chi connectivity index (χ1) is 11.2. The number of amides is 1. The van der Waals surface area contributed by atoms with Crippen molar-refractivity contribution in [2.45, 2.75) is 12.8 Å². The molecule has 0 bridgehead atoms. The molecule has 2 aromatic rings. The van der Waals surface area contributed by atoms with Gasteiger partial charge >= 0.3 is 0 Å². The number of furan rings is 1. The molecule has 0 spiro atoms. The van der Waals surface area contributed by atoms with Gasteiger partial charge in [0.2, 0.25) is 5.88 Å². The summed E-state index contributed by atoms with van der Waals surface area (Å²) in [4.78, 5) is 14.6. The van der Waals surface area contributed by atoms with Gasteiger partial charge in [0.1, 0.15) is 5.75 Å². The van der Waals surface area contributed by atoms with Crippen molar-refractivity contribution in [3.05, 3.63) is 36.1 Å². The highest BCUT2D eigenvalue weighted by Gasteiger charge is 2.19. The number of rotatable bonds is 5. The van der Waals surface area contributed by atoms with Crippen molar-refractivity contribution in [2.24, 2.45) is 0 Å². The van der Waals surface area contributed by atoms with E-state index in [0.717, 1.165) is 31.6 Å². The Morgan fingerprint density at radius 3 is 2.70 bits per heavy atom. The number of nitrogens with one attached hydrogen (secondary N) is 2. The quantitative estimate of drug-likeness (QED) is 0.735. The van der Waals surface area contributed by atoms with Gasteiger partial charge in [0.05, 0.1) is 18.5 Å². The average molecular weight is 317 g/mol. The van der Waals surface area contributed by atoms with Crippen LogP contribution in [-0.2, 0) is 0 Å². The van der Waals surface area contributed by atoms with Crippen LogP contribution in [0.4, 0.5) is 17.3 Å². The highest BCUT2D eigenvalue weighted by Crippen LogP contribution is 2.33. The molecule has 7 nitrogen and oxygen atoms in total. The van der Waals surface area contributed by atoms with Crippen molar-refractivity contribution in [2.75, 3.05) is 35.9 Å². The van der Waals surface area contributed by atoms with E-state index in [9.17, 15) is 4.79 Å². The Balaban J connectivity index is 1.85. The van der Waals surface area contributed by atoms with Gasteiger partial charge < -0.3 is 19.4 Å². The number of carbonyl (C=O) groups is 1. The van der Waals surface area contributed by atoms with E-state index in [4.69, 9.17) is 14.4 Å². The van der Waals surface area contributed by atoms with E-state index >= 15 is 0 Å². The summed E-state index contributed by atoms with van der Waals surface area (Å²) in [7, 11) is 1.59. The number of methoxy groups -OCH3 is 1. The highest BCUT2D eigenvalue weighted by atomic mass is 16.5. The number of hydrogen-bond donors (Lipinski definition) is 3. The fraction of sp³-hybridized carbons (Fsp3) is 0.312. The maximum atomic E-state index is 12.3. The van der Waals surface area contributed by atoms with Crippen LogP contribution in [0.25, 0.3) is 0 Å². The summed E-state index contributed by atoms with van der Waals surface area (Å²) in [6.45, 7) is 1.93. The van der Waals surface area contributed by atoms with E-state index in [-0.39, 0.29) is 17.6 Å². The molecule has 1 aromatic carbocycles. The third-order valence-corrected chi connectivity index (χ3v) is 3.84. The van der Waals surface area contributed by atoms with E-state index in [1.165, 1.54) is 12.1 Å². The summed E-state index contributed by atoms with van der Waals surface area (Å²) in [6.07, 6.45) is 2.28. The number of hydrogen-bond acceptors (Lipinski definition) is 6. The molecule has 1 saturated heterocycles. The minimum atomic E-state index is -0.389. The average Bonchev–Trinajstić information content (AvgIpc) is 3.26. The molecule has 3 N–H and O–H groups in total. The molecule has 122 valence electrons. The fourth-order valence-corrected chi connectivity index (χ4v) is 2.68. The van der Waals surface area contributed by atoms with Crippen molar-refractivity contribution in [3.63, 3.8) is 0 Å². The Hall–Kier alpha value is -2.67. The summed E-state index contributed by atoms with van der Waals surface area (Å²) in [5.74, 6) is 0.498. The lowest BCUT2D eigenvalue weighted by atomic mass is 10.2. The molecule has 0 radical (unpaired) electrons. The van der Waals surface area contributed by atoms with Crippen molar-refractivity contribution >= 4 is 23.2 Å². The second-order valence-electron chi connectivity index (χ2n) is 5.31. The van der Waals surface area contributed by atoms with Crippen molar-refractivity contribution in [3.8, 4) is 5.75 Å². The van der Waals surface area contributed by atoms with Crippen LogP contribution >= 0.6 is 0 Å². The number of carbonyl (C=O) groups excluding carboxylic acids is 1. The van der Waals surface area contributed by atoms with Crippen molar-refractivity contribution in [1.82, 2.24) is 0 Å². The summed E-state index contributed by atoms with van der Waals surface area (Å²) in [5, 5.41) is 11.6. The predicted molar refractivity (Wildman–Crippen MR) is 86.5 cm³/mol. The fourth-order valence-electron chi connectivity index (χ4n) is 2.68. The molecule has 0 unspecified atom stereocenters. The summed E-state index contributed by atoms with van der Waals surface area (Å²) in [6, 6.07) is 8.58. The summed E-state index contributed by atoms with van der Waals surface area (Å²) < 4.78 is 10.4. The standard InChI is InChI=1S/C16H19N3O4/c1-22-11-4-5-13(19-8-2-3-9-19)12(10-11)17-16(20)14-6-7-15(18-21)23-14/h4-7,10,18,21H,2-3,8-9H2,1H3,(H,17,20). The van der Waals surface area contributed by atoms with E-state index in [1.807, 2.05) is 17.6 Å². The zero-order valence-electron chi connectivity index (χ0n) is 12.8. The van der Waals surface area contributed by atoms with E-state index in [0.29, 0.717) is 11.4 Å². The van der Waals surface area contributed by atoms with Gasteiger partial charge in [-0.2, -0.15) is 0 Å². The van der Waals surface area contributed by atoms with Crippen LogP contribution in [0, 0.1) is 0 Å². The summed E-state index contributed by atoms with van der Waals surface area (Å²) in [5.41, 5.74) is 3.50. The first-order valence-electron chi connectivity index (χ1n) is 7.45. The van der Waals surface area contributed by atoms with E-state index in [1.54, 1.807) is 13.2 Å². The normalized spacial score (nSPS) is 13.9. The monoisotopic (exact) mass is 317 g/mol. The molecule has 23 heavy (non-hydrogen) atoms. The van der Waals surface area contributed by atoms with Gasteiger partial charge in [-0.3, -0.25) is 10.0 Å². The molecule has 1 aliphatic heterocycles. The molecule has 1 aromatic heterocycles.